The molecule has 3 amide bonds. The Morgan fingerprint density at radius 3 is 2.84 bits per heavy atom. The van der Waals surface area contributed by atoms with Gasteiger partial charge in [-0.05, 0) is 30.6 Å². The SMILES string of the molecule is O=C1CCN(c2ccc(N3CC4CCP(C3)C4C(=O)O)nc2)C(=O)N1. The van der Waals surface area contributed by atoms with Gasteiger partial charge in [0.1, 0.15) is 5.82 Å². The second-order valence-electron chi connectivity index (χ2n) is 6.64. The van der Waals surface area contributed by atoms with Crippen molar-refractivity contribution in [3.05, 3.63) is 18.3 Å². The zero-order valence-corrected chi connectivity index (χ0v) is 14.5. The van der Waals surface area contributed by atoms with E-state index in [1.807, 2.05) is 12.1 Å². The average molecular weight is 362 g/mol. The molecule has 0 aliphatic carbocycles. The monoisotopic (exact) mass is 362 g/mol. The molecule has 3 aliphatic heterocycles. The summed E-state index contributed by atoms with van der Waals surface area (Å²) < 4.78 is 0. The number of carboxylic acid groups (broad SMARTS) is 1. The molecule has 3 fully saturated rings. The summed E-state index contributed by atoms with van der Waals surface area (Å²) in [6.45, 7) is 1.07. The van der Waals surface area contributed by atoms with E-state index in [2.05, 4.69) is 15.2 Å². The van der Waals surface area contributed by atoms with E-state index in [9.17, 15) is 19.5 Å². The number of aromatic nitrogens is 1. The second-order valence-corrected chi connectivity index (χ2v) is 9.10. The zero-order valence-electron chi connectivity index (χ0n) is 13.6. The summed E-state index contributed by atoms with van der Waals surface area (Å²) in [7, 11) is -0.519. The number of imide groups is 1. The van der Waals surface area contributed by atoms with E-state index in [1.165, 1.54) is 4.90 Å². The van der Waals surface area contributed by atoms with Crippen molar-refractivity contribution in [3.8, 4) is 0 Å². The molecule has 3 saturated heterocycles. The molecule has 0 aromatic carbocycles. The normalized spacial score (nSPS) is 28.9. The smallest absolute Gasteiger partial charge is 0.328 e. The largest absolute Gasteiger partial charge is 0.481 e. The van der Waals surface area contributed by atoms with Gasteiger partial charge in [0.25, 0.3) is 0 Å². The number of carbonyl (C=O) groups is 3. The van der Waals surface area contributed by atoms with Crippen LogP contribution in [-0.2, 0) is 9.59 Å². The number of rotatable bonds is 3. The Bertz CT molecular complexity index is 711. The maximum atomic E-state index is 11.9. The Labute approximate surface area is 145 Å². The number of amides is 3. The van der Waals surface area contributed by atoms with Crippen LogP contribution in [0.2, 0.25) is 0 Å². The second kappa shape index (κ2) is 6.26. The van der Waals surface area contributed by atoms with E-state index in [0.717, 1.165) is 31.2 Å². The number of hydrogen-bond donors (Lipinski definition) is 2. The Kier molecular flexibility index (Phi) is 4.07. The Morgan fingerprint density at radius 2 is 2.20 bits per heavy atom. The van der Waals surface area contributed by atoms with Gasteiger partial charge in [0.2, 0.25) is 5.91 Å². The highest BCUT2D eigenvalue weighted by atomic mass is 31.1. The van der Waals surface area contributed by atoms with Crippen molar-refractivity contribution in [2.45, 2.75) is 18.5 Å². The molecule has 9 heteroatoms. The predicted molar refractivity (Wildman–Crippen MR) is 93.3 cm³/mol. The third-order valence-electron chi connectivity index (χ3n) is 5.11. The Morgan fingerprint density at radius 1 is 1.36 bits per heavy atom. The molecular weight excluding hydrogens is 343 g/mol. The summed E-state index contributed by atoms with van der Waals surface area (Å²) in [5.41, 5.74) is 0.489. The number of pyridine rings is 1. The van der Waals surface area contributed by atoms with Crippen molar-refractivity contribution in [2.75, 3.05) is 35.3 Å². The fourth-order valence-corrected chi connectivity index (χ4v) is 7.01. The van der Waals surface area contributed by atoms with Crippen molar-refractivity contribution in [3.63, 3.8) is 0 Å². The lowest BCUT2D eigenvalue weighted by molar-refractivity contribution is -0.137. The minimum absolute atomic E-state index is 0.167. The lowest BCUT2D eigenvalue weighted by Gasteiger charge is -2.37. The lowest BCUT2D eigenvalue weighted by atomic mass is 10.0. The standard InChI is InChI=1S/C16H19N4O4P/c21-13-3-5-20(16(24)18-13)11-1-2-12(17-7-11)19-8-10-4-6-25(9-19)14(10)15(22)23/h1-2,7,10,14H,3-6,8-9H2,(H,22,23)(H,18,21,24). The molecule has 3 aliphatic rings. The summed E-state index contributed by atoms with van der Waals surface area (Å²) >= 11 is 0. The third kappa shape index (κ3) is 2.95. The summed E-state index contributed by atoms with van der Waals surface area (Å²) in [5, 5.41) is 11.7. The predicted octanol–water partition coefficient (Wildman–Crippen LogP) is 1.26. The van der Waals surface area contributed by atoms with Crippen LogP contribution in [0.15, 0.2) is 18.3 Å². The maximum absolute atomic E-state index is 11.9. The van der Waals surface area contributed by atoms with Gasteiger partial charge in [-0.1, -0.05) is 7.92 Å². The molecule has 4 heterocycles. The molecule has 8 nitrogen and oxygen atoms in total. The number of urea groups is 1. The van der Waals surface area contributed by atoms with Gasteiger partial charge in [-0.25, -0.2) is 9.78 Å². The number of nitrogens with zero attached hydrogens (tertiary/aromatic N) is 3. The number of aliphatic carboxylic acids is 1. The number of nitrogens with one attached hydrogen (secondary N) is 1. The molecule has 3 unspecified atom stereocenters. The van der Waals surface area contributed by atoms with Gasteiger partial charge >= 0.3 is 12.0 Å². The molecule has 132 valence electrons. The molecular formula is C16H19N4O4P. The summed E-state index contributed by atoms with van der Waals surface area (Å²) in [5.74, 6) is 0.116. The Hall–Kier alpha value is -2.21. The van der Waals surface area contributed by atoms with Gasteiger partial charge in [-0.15, -0.1) is 0 Å². The molecule has 0 radical (unpaired) electrons. The van der Waals surface area contributed by atoms with Gasteiger partial charge in [-0.2, -0.15) is 0 Å². The molecule has 0 saturated carbocycles. The quantitative estimate of drug-likeness (QED) is 0.785. The molecule has 1 aromatic heterocycles. The highest BCUT2D eigenvalue weighted by Crippen LogP contribution is 2.56. The van der Waals surface area contributed by atoms with Crippen LogP contribution in [0, 0.1) is 5.92 Å². The van der Waals surface area contributed by atoms with Crippen molar-refractivity contribution in [1.82, 2.24) is 10.3 Å². The van der Waals surface area contributed by atoms with E-state index in [0.29, 0.717) is 12.2 Å². The van der Waals surface area contributed by atoms with Crippen LogP contribution in [0.3, 0.4) is 0 Å². The van der Waals surface area contributed by atoms with Crippen LogP contribution in [0.25, 0.3) is 0 Å². The van der Waals surface area contributed by atoms with E-state index in [-0.39, 0.29) is 23.9 Å². The van der Waals surface area contributed by atoms with Crippen LogP contribution in [-0.4, -0.2) is 59.2 Å². The number of carbonyl (C=O) groups excluding carboxylic acids is 2. The van der Waals surface area contributed by atoms with Crippen molar-refractivity contribution in [2.24, 2.45) is 5.92 Å². The van der Waals surface area contributed by atoms with E-state index >= 15 is 0 Å². The topological polar surface area (TPSA) is 103 Å². The maximum Gasteiger partial charge on any atom is 0.328 e. The molecule has 2 bridgehead atoms. The average Bonchev–Trinajstić information content (AvgIpc) is 2.86. The summed E-state index contributed by atoms with van der Waals surface area (Å²) in [6.07, 6.45) is 4.70. The highest BCUT2D eigenvalue weighted by molar-refractivity contribution is 7.60. The van der Waals surface area contributed by atoms with Crippen molar-refractivity contribution in [1.29, 1.82) is 0 Å². The highest BCUT2D eigenvalue weighted by Gasteiger charge is 2.46. The first kappa shape index (κ1) is 16.3. The molecule has 25 heavy (non-hydrogen) atoms. The van der Waals surface area contributed by atoms with Crippen LogP contribution in [0.1, 0.15) is 12.8 Å². The van der Waals surface area contributed by atoms with Crippen LogP contribution >= 0.6 is 7.92 Å². The fraction of sp³-hybridized carbons (Fsp3) is 0.500. The van der Waals surface area contributed by atoms with E-state index in [4.69, 9.17) is 0 Å². The first-order valence-corrected chi connectivity index (χ1v) is 10.1. The molecule has 4 rings (SSSR count). The van der Waals surface area contributed by atoms with Gasteiger partial charge in [0.15, 0.2) is 0 Å². The molecule has 0 spiro atoms. The number of hydrogen-bond acceptors (Lipinski definition) is 5. The molecule has 3 atom stereocenters. The fourth-order valence-electron chi connectivity index (χ4n) is 3.90. The number of anilines is 2. The van der Waals surface area contributed by atoms with Crippen molar-refractivity contribution < 1.29 is 19.5 Å². The number of carboxylic acids is 1. The Balaban J connectivity index is 1.47. The van der Waals surface area contributed by atoms with Gasteiger partial charge in [-0.3, -0.25) is 19.8 Å². The van der Waals surface area contributed by atoms with Gasteiger partial charge < -0.3 is 10.0 Å². The first-order valence-electron chi connectivity index (χ1n) is 8.32. The number of fused-ring (bicyclic) bond motifs is 2. The van der Waals surface area contributed by atoms with Crippen LogP contribution < -0.4 is 15.1 Å². The van der Waals surface area contributed by atoms with Gasteiger partial charge in [0, 0.05) is 25.8 Å². The van der Waals surface area contributed by atoms with E-state index in [1.54, 1.807) is 6.20 Å². The van der Waals surface area contributed by atoms with Crippen LogP contribution in [0.5, 0.6) is 0 Å². The van der Waals surface area contributed by atoms with Crippen molar-refractivity contribution >= 4 is 37.3 Å². The van der Waals surface area contributed by atoms with Crippen LogP contribution in [0.4, 0.5) is 16.3 Å². The van der Waals surface area contributed by atoms with Gasteiger partial charge in [0.05, 0.1) is 17.5 Å². The first-order chi connectivity index (χ1) is 12.0. The zero-order chi connectivity index (χ0) is 17.6. The molecule has 2 N–H and O–H groups in total. The minimum Gasteiger partial charge on any atom is -0.481 e. The molecule has 1 aromatic rings. The minimum atomic E-state index is -0.651. The summed E-state index contributed by atoms with van der Waals surface area (Å²) in [6, 6.07) is 3.28. The summed E-state index contributed by atoms with van der Waals surface area (Å²) in [4.78, 5) is 42.7. The third-order valence-corrected chi connectivity index (χ3v) is 8.08. The van der Waals surface area contributed by atoms with E-state index < -0.39 is 19.9 Å². The lowest BCUT2D eigenvalue weighted by Crippen LogP contribution is -2.49.